The van der Waals surface area contributed by atoms with Crippen molar-refractivity contribution in [3.63, 3.8) is 0 Å². The minimum absolute atomic E-state index is 0.0145. The molecule has 0 aromatic rings. The van der Waals surface area contributed by atoms with Crippen LogP contribution in [-0.4, -0.2) is 288 Å². The van der Waals surface area contributed by atoms with Gasteiger partial charge in [0.1, 0.15) is 47.8 Å². The first kappa shape index (κ1) is 80.0. The Kier molecular flexibility index (Phi) is 28.7. The van der Waals surface area contributed by atoms with E-state index in [4.69, 9.17) is 21.1 Å². The standard InChI is InChI=1S/C69H110ClF3N12O14/c1-12-33-98-41-53-63(93)78(6)36-54(86)74-49(29-25-43-24-28-47(48(70)34-43)69(71,72)73)62(92)84-32-20-23-51(84)61(91)76-68(30-18-19-31-68)67(97)83(11)59(44-21-16-15-17-22-44)66(96)82(10)52(64(94)85-45-26-27-46(85)40-99-39-45)35-55(87)80(8)50(14-3)60(90)75-58(42(4)13-2)65(95)79(7)37-56(88)77(5)38-57(89)81(53)9/h42-53,58-59H,12-41H2,1-11H3,(H,74,86)(H,75,90)(H,76,91)/t42-,43?,45?,46?,47?,48?,49-,50-,51-,52-,53-,58-,59-/m0/s1. The van der Waals surface area contributed by atoms with Crippen LogP contribution >= 0.6 is 11.6 Å². The number of ether oxygens (including phenoxy) is 2. The Hall–Kier alpha value is -6.36. The number of amides is 12. The molecule has 7 aliphatic rings. The first-order valence-electron chi connectivity index (χ1n) is 36.0. The normalized spacial score (nSPS) is 31.1. The van der Waals surface area contributed by atoms with Gasteiger partial charge in [0.2, 0.25) is 70.9 Å². The van der Waals surface area contributed by atoms with Crippen LogP contribution < -0.4 is 16.0 Å². The van der Waals surface area contributed by atoms with E-state index in [9.17, 15) is 41.9 Å². The molecule has 12 amide bonds. The van der Waals surface area contributed by atoms with E-state index in [2.05, 4.69) is 16.0 Å². The predicted octanol–water partition coefficient (Wildman–Crippen LogP) is 3.68. The van der Waals surface area contributed by atoms with E-state index in [1.54, 1.807) is 18.7 Å². The Balaban J connectivity index is 1.27. The molecule has 0 aromatic heterocycles. The molecular weight excluding hydrogens is 1310 g/mol. The molecule has 4 aliphatic heterocycles. The fraction of sp³-hybridized carbons (Fsp3) is 0.826. The summed E-state index contributed by atoms with van der Waals surface area (Å²) in [4.78, 5) is 190. The molecule has 4 saturated heterocycles. The fourth-order valence-electron chi connectivity index (χ4n) is 15.9. The second-order valence-corrected chi connectivity index (χ2v) is 29.7. The van der Waals surface area contributed by atoms with Gasteiger partial charge in [0.25, 0.3) is 0 Å². The molecular formula is C69H110ClF3N12O14. The fourth-order valence-corrected chi connectivity index (χ4v) is 16.5. The molecule has 4 heterocycles. The molecule has 0 radical (unpaired) electrons. The number of halogens is 4. The van der Waals surface area contributed by atoms with Crippen LogP contribution in [0.5, 0.6) is 0 Å². The number of nitrogens with zero attached hydrogens (tertiary/aromatic N) is 9. The molecule has 3 saturated carbocycles. The van der Waals surface area contributed by atoms with Crippen LogP contribution in [0, 0.1) is 23.7 Å². The molecule has 7 rings (SSSR count). The topological polar surface area (TPSA) is 289 Å². The SMILES string of the molecule is CCCOC[C@H]1C(=O)N(C)CC(=O)N[C@@H](CCC2CCC(C(F)(F)F)C(Cl)C2)C(=O)N2CCC[C@H]2C(=O)NC2(CCCC2)C(=O)N(C)[C@@H](C2CCCCC2)C(=O)N(C)[C@H](C(=O)N2C3CCC2COC3)CC(=O)N(C)[C@@H](CC)C(=O)N[C@@H]([C@@H](C)CC)C(=O)N(C)CC(=O)N(C)CC(=O)N1C. The van der Waals surface area contributed by atoms with Crippen LogP contribution in [0.15, 0.2) is 0 Å². The second-order valence-electron chi connectivity index (χ2n) is 29.1. The first-order valence-corrected chi connectivity index (χ1v) is 36.4. The molecule has 7 fully saturated rings. The predicted molar refractivity (Wildman–Crippen MR) is 359 cm³/mol. The average molecular weight is 1420 g/mol. The zero-order valence-corrected chi connectivity index (χ0v) is 60.8. The van der Waals surface area contributed by atoms with E-state index in [0.717, 1.165) is 38.9 Å². The molecule has 0 aromatic carbocycles. The van der Waals surface area contributed by atoms with Crippen LogP contribution in [-0.2, 0) is 67.0 Å². The quantitative estimate of drug-likeness (QED) is 0.186. The third-order valence-electron chi connectivity index (χ3n) is 22.3. The van der Waals surface area contributed by atoms with E-state index in [0.29, 0.717) is 57.8 Å². The molecule has 3 N–H and O–H groups in total. The number of rotatable bonds is 12. The van der Waals surface area contributed by atoms with Crippen molar-refractivity contribution in [1.29, 1.82) is 0 Å². The Morgan fingerprint density at radius 3 is 1.89 bits per heavy atom. The zero-order chi connectivity index (χ0) is 73.0. The highest BCUT2D eigenvalue weighted by Gasteiger charge is 2.53. The number of hydrogen-bond acceptors (Lipinski definition) is 14. The van der Waals surface area contributed by atoms with Gasteiger partial charge in [-0.25, -0.2) is 0 Å². The van der Waals surface area contributed by atoms with Crippen LogP contribution in [0.4, 0.5) is 13.2 Å². The number of carbonyl (C=O) groups is 12. The molecule has 26 nitrogen and oxygen atoms in total. The van der Waals surface area contributed by atoms with Crippen molar-refractivity contribution in [3.05, 3.63) is 0 Å². The Morgan fingerprint density at radius 1 is 0.657 bits per heavy atom. The maximum Gasteiger partial charge on any atom is 0.393 e. The van der Waals surface area contributed by atoms with Crippen LogP contribution in [0.1, 0.15) is 169 Å². The van der Waals surface area contributed by atoms with Crippen molar-refractivity contribution in [3.8, 4) is 0 Å². The van der Waals surface area contributed by atoms with Crippen molar-refractivity contribution in [2.75, 3.05) is 102 Å². The van der Waals surface area contributed by atoms with Gasteiger partial charge in [0, 0.05) is 67.9 Å². The minimum atomic E-state index is -4.52. The first-order chi connectivity index (χ1) is 46.8. The Morgan fingerprint density at radius 2 is 1.28 bits per heavy atom. The monoisotopic (exact) mass is 1420 g/mol. The van der Waals surface area contributed by atoms with Gasteiger partial charge in [-0.3, -0.25) is 57.5 Å². The molecule has 13 atom stereocenters. The van der Waals surface area contributed by atoms with Gasteiger partial charge in [-0.1, -0.05) is 66.2 Å². The third-order valence-corrected chi connectivity index (χ3v) is 22.8. The number of morpholine rings is 1. The lowest BCUT2D eigenvalue weighted by Gasteiger charge is -2.44. The largest absolute Gasteiger partial charge is 0.393 e. The minimum Gasteiger partial charge on any atom is -0.379 e. The summed E-state index contributed by atoms with van der Waals surface area (Å²) in [5.74, 6) is -11.0. The van der Waals surface area contributed by atoms with Crippen molar-refractivity contribution in [1.82, 2.24) is 60.0 Å². The molecule has 558 valence electrons. The van der Waals surface area contributed by atoms with Crippen LogP contribution in [0.25, 0.3) is 0 Å². The van der Waals surface area contributed by atoms with Gasteiger partial charge in [-0.15, -0.1) is 11.6 Å². The average Bonchev–Trinajstić information content (AvgIpc) is 1.74. The van der Waals surface area contributed by atoms with Crippen LogP contribution in [0.3, 0.4) is 0 Å². The van der Waals surface area contributed by atoms with Gasteiger partial charge in [-0.05, 0) is 114 Å². The highest BCUT2D eigenvalue weighted by molar-refractivity contribution is 6.21. The lowest BCUT2D eigenvalue weighted by atomic mass is 9.78. The third kappa shape index (κ3) is 19.2. The molecule has 1 spiro atoms. The van der Waals surface area contributed by atoms with E-state index in [-0.39, 0.29) is 109 Å². The Bertz CT molecular complexity index is 2890. The smallest absolute Gasteiger partial charge is 0.379 e. The molecule has 99 heavy (non-hydrogen) atoms. The highest BCUT2D eigenvalue weighted by Crippen LogP contribution is 2.44. The lowest BCUT2D eigenvalue weighted by molar-refractivity contribution is -0.182. The second kappa shape index (κ2) is 35.5. The highest BCUT2D eigenvalue weighted by atomic mass is 35.5. The molecule has 2 bridgehead atoms. The lowest BCUT2D eigenvalue weighted by Crippen LogP contribution is -2.65. The summed E-state index contributed by atoms with van der Waals surface area (Å²) in [7, 11) is 9.73. The summed E-state index contributed by atoms with van der Waals surface area (Å²) in [6.45, 7) is 5.70. The molecule has 5 unspecified atom stereocenters. The number of hydrogen-bond donors (Lipinski definition) is 3. The zero-order valence-electron chi connectivity index (χ0n) is 60.0. The number of alkyl halides is 4. The van der Waals surface area contributed by atoms with Gasteiger partial charge < -0.3 is 69.5 Å². The van der Waals surface area contributed by atoms with E-state index < -0.39 is 174 Å². The summed E-state index contributed by atoms with van der Waals surface area (Å²) >= 11 is 6.38. The van der Waals surface area contributed by atoms with Gasteiger partial charge in [0.15, 0.2) is 0 Å². The molecule has 30 heteroatoms. The number of fused-ring (bicyclic) bond motifs is 3. The summed E-state index contributed by atoms with van der Waals surface area (Å²) in [6.07, 6.45) is 2.45. The number of carbonyl (C=O) groups excluding carboxylic acids is 12. The van der Waals surface area contributed by atoms with Crippen molar-refractivity contribution in [2.45, 2.75) is 240 Å². The maximum atomic E-state index is 15.9. The van der Waals surface area contributed by atoms with E-state index >= 15 is 28.8 Å². The number of likely N-dealkylation sites (N-methyl/N-ethyl adjacent to an activating group) is 7. The van der Waals surface area contributed by atoms with E-state index in [1.807, 2.05) is 13.8 Å². The summed E-state index contributed by atoms with van der Waals surface area (Å²) in [6, 6.07) is -9.59. The van der Waals surface area contributed by atoms with Crippen molar-refractivity contribution in [2.24, 2.45) is 23.7 Å². The van der Waals surface area contributed by atoms with Crippen LogP contribution in [0.2, 0.25) is 0 Å². The van der Waals surface area contributed by atoms with Gasteiger partial charge in [0.05, 0.1) is 63.9 Å². The van der Waals surface area contributed by atoms with Crippen molar-refractivity contribution >= 4 is 82.5 Å². The van der Waals surface area contributed by atoms with Crippen molar-refractivity contribution < 1.29 is 80.2 Å². The van der Waals surface area contributed by atoms with Gasteiger partial charge in [-0.2, -0.15) is 13.2 Å². The maximum absolute atomic E-state index is 15.9. The molecule has 3 aliphatic carbocycles. The number of nitrogens with one attached hydrogen (secondary N) is 3. The summed E-state index contributed by atoms with van der Waals surface area (Å²) in [5.41, 5.74) is -1.57. The van der Waals surface area contributed by atoms with Gasteiger partial charge >= 0.3 is 6.18 Å². The Labute approximate surface area is 586 Å². The summed E-state index contributed by atoms with van der Waals surface area (Å²) in [5, 5.41) is 7.48. The van der Waals surface area contributed by atoms with E-state index in [1.165, 1.54) is 68.9 Å². The summed E-state index contributed by atoms with van der Waals surface area (Å²) < 4.78 is 53.6.